The van der Waals surface area contributed by atoms with E-state index >= 15 is 0 Å². The number of hydrogen-bond donors (Lipinski definition) is 2. The summed E-state index contributed by atoms with van der Waals surface area (Å²) in [5, 5.41) is 2.10. The summed E-state index contributed by atoms with van der Waals surface area (Å²) in [6, 6.07) is 8.42. The van der Waals surface area contributed by atoms with Gasteiger partial charge in [0, 0.05) is 12.9 Å². The van der Waals surface area contributed by atoms with Crippen LogP contribution in [-0.4, -0.2) is 0 Å². The van der Waals surface area contributed by atoms with Gasteiger partial charge >= 0.3 is 0 Å². The molecular weight excluding hydrogens is 411 g/mol. The highest BCUT2D eigenvalue weighted by Crippen LogP contribution is 2.32. The maximum absolute atomic E-state index is 5.72. The number of rotatable bonds is 3. The highest BCUT2D eigenvalue weighted by atomic mass is 127. The second-order valence-corrected chi connectivity index (χ2v) is 6.76. The lowest BCUT2D eigenvalue weighted by Crippen LogP contribution is -2.29. The molecule has 0 saturated carbocycles. The van der Waals surface area contributed by atoms with Gasteiger partial charge in [0.25, 0.3) is 0 Å². The van der Waals surface area contributed by atoms with E-state index in [0.29, 0.717) is 0 Å². The third-order valence-corrected chi connectivity index (χ3v) is 5.16. The van der Waals surface area contributed by atoms with Crippen LogP contribution in [0.15, 0.2) is 34.1 Å². The van der Waals surface area contributed by atoms with Crippen LogP contribution in [0.3, 0.4) is 0 Å². The third-order valence-electron chi connectivity index (χ3n) is 2.60. The van der Waals surface area contributed by atoms with Crippen molar-refractivity contribution in [1.29, 1.82) is 0 Å². The molecule has 0 spiro atoms. The minimum Gasteiger partial charge on any atom is -0.271 e. The Kier molecular flexibility index (Phi) is 4.59. The lowest BCUT2D eigenvalue weighted by atomic mass is 10.0. The van der Waals surface area contributed by atoms with Crippen molar-refractivity contribution in [3.05, 3.63) is 53.7 Å². The Balaban J connectivity index is 2.49. The number of hydrazine groups is 1. The molecule has 0 bridgehead atoms. The van der Waals surface area contributed by atoms with Crippen LogP contribution in [0.5, 0.6) is 0 Å². The van der Waals surface area contributed by atoms with E-state index in [9.17, 15) is 0 Å². The van der Waals surface area contributed by atoms with Gasteiger partial charge in [0.1, 0.15) is 0 Å². The number of nitrogens with two attached hydrogens (primary N) is 1. The van der Waals surface area contributed by atoms with Crippen molar-refractivity contribution in [1.82, 2.24) is 5.43 Å². The Morgan fingerprint density at radius 1 is 1.41 bits per heavy atom. The smallest absolute Gasteiger partial charge is 0.0815 e. The van der Waals surface area contributed by atoms with Crippen molar-refractivity contribution in [3.8, 4) is 0 Å². The number of aryl methyl sites for hydroxylation is 1. The van der Waals surface area contributed by atoms with Gasteiger partial charge < -0.3 is 0 Å². The van der Waals surface area contributed by atoms with Crippen LogP contribution in [0, 0.1) is 10.5 Å². The van der Waals surface area contributed by atoms with Crippen LogP contribution in [-0.2, 0) is 0 Å². The summed E-state index contributed by atoms with van der Waals surface area (Å²) in [4.78, 5) is 1.27. The first-order chi connectivity index (χ1) is 8.13. The first-order valence-electron chi connectivity index (χ1n) is 5.08. The van der Waals surface area contributed by atoms with Gasteiger partial charge in [-0.05, 0) is 70.3 Å². The van der Waals surface area contributed by atoms with E-state index < -0.39 is 0 Å². The number of benzene rings is 1. The molecule has 0 saturated heterocycles. The molecule has 0 amide bonds. The summed E-state index contributed by atoms with van der Waals surface area (Å²) < 4.78 is 2.28. The molecule has 0 aliphatic carbocycles. The summed E-state index contributed by atoms with van der Waals surface area (Å²) in [6.45, 7) is 2.11. The Morgan fingerprint density at radius 2 is 2.18 bits per heavy atom. The Hall–Kier alpha value is 0.0500. The normalized spacial score (nSPS) is 12.7. The van der Waals surface area contributed by atoms with Crippen molar-refractivity contribution >= 4 is 49.9 Å². The number of thiophene rings is 1. The summed E-state index contributed by atoms with van der Waals surface area (Å²) in [6.07, 6.45) is 0. The van der Waals surface area contributed by atoms with E-state index in [2.05, 4.69) is 74.4 Å². The second kappa shape index (κ2) is 5.79. The topological polar surface area (TPSA) is 38.0 Å². The molecule has 1 atom stereocenters. The lowest BCUT2D eigenvalue weighted by molar-refractivity contribution is 0.641. The molecule has 1 heterocycles. The summed E-state index contributed by atoms with van der Waals surface area (Å²) in [7, 11) is 0. The van der Waals surface area contributed by atoms with Gasteiger partial charge in [0.15, 0.2) is 0 Å². The number of hydrogen-bond acceptors (Lipinski definition) is 3. The molecule has 90 valence electrons. The van der Waals surface area contributed by atoms with Crippen molar-refractivity contribution < 1.29 is 0 Å². The fourth-order valence-electron chi connectivity index (χ4n) is 1.72. The van der Waals surface area contributed by atoms with Gasteiger partial charge in [-0.25, -0.2) is 5.43 Å². The fraction of sp³-hybridized carbons (Fsp3) is 0.167. The monoisotopic (exact) mass is 422 g/mol. The molecule has 5 heteroatoms. The highest BCUT2D eigenvalue weighted by molar-refractivity contribution is 14.1. The SMILES string of the molecule is Cc1ccsc1C(NN)c1cc(Br)ccc1I. The van der Waals surface area contributed by atoms with Crippen LogP contribution >= 0.6 is 49.9 Å². The fourth-order valence-corrected chi connectivity index (χ4v) is 3.75. The van der Waals surface area contributed by atoms with E-state index in [4.69, 9.17) is 5.84 Å². The largest absolute Gasteiger partial charge is 0.271 e. The molecule has 0 fully saturated rings. The summed E-state index contributed by atoms with van der Waals surface area (Å²) in [5.74, 6) is 5.72. The molecule has 1 aromatic carbocycles. The molecule has 3 N–H and O–H groups in total. The van der Waals surface area contributed by atoms with E-state index in [-0.39, 0.29) is 6.04 Å². The van der Waals surface area contributed by atoms with Crippen LogP contribution in [0.1, 0.15) is 22.0 Å². The summed E-state index contributed by atoms with van der Waals surface area (Å²) in [5.41, 5.74) is 5.39. The quantitative estimate of drug-likeness (QED) is 0.446. The van der Waals surface area contributed by atoms with Crippen molar-refractivity contribution in [3.63, 3.8) is 0 Å². The first kappa shape index (κ1) is 13.5. The zero-order valence-corrected chi connectivity index (χ0v) is 13.8. The van der Waals surface area contributed by atoms with E-state index in [0.717, 1.165) is 4.47 Å². The van der Waals surface area contributed by atoms with Crippen LogP contribution in [0.2, 0.25) is 0 Å². The first-order valence-corrected chi connectivity index (χ1v) is 7.83. The summed E-state index contributed by atoms with van der Waals surface area (Å²) >= 11 is 7.58. The van der Waals surface area contributed by atoms with Gasteiger partial charge in [-0.1, -0.05) is 15.9 Å². The van der Waals surface area contributed by atoms with Gasteiger partial charge in [-0.2, -0.15) is 0 Å². The average Bonchev–Trinajstić information content (AvgIpc) is 2.71. The van der Waals surface area contributed by atoms with Gasteiger partial charge in [0.2, 0.25) is 0 Å². The van der Waals surface area contributed by atoms with E-state index in [1.807, 2.05) is 6.07 Å². The van der Waals surface area contributed by atoms with Gasteiger partial charge in [0.05, 0.1) is 6.04 Å². The molecule has 2 nitrogen and oxygen atoms in total. The minimum absolute atomic E-state index is 0.0550. The molecule has 1 aromatic heterocycles. The maximum atomic E-state index is 5.72. The highest BCUT2D eigenvalue weighted by Gasteiger charge is 2.18. The zero-order chi connectivity index (χ0) is 12.4. The van der Waals surface area contributed by atoms with Crippen LogP contribution in [0.25, 0.3) is 0 Å². The van der Waals surface area contributed by atoms with Gasteiger partial charge in [-0.15, -0.1) is 11.3 Å². The molecule has 0 radical (unpaired) electrons. The van der Waals surface area contributed by atoms with E-state index in [1.54, 1.807) is 11.3 Å². The third kappa shape index (κ3) is 2.90. The molecular formula is C12H12BrIN2S. The Bertz CT molecular complexity index is 527. The molecule has 0 aliphatic rings. The van der Waals surface area contributed by atoms with Crippen LogP contribution < -0.4 is 11.3 Å². The minimum atomic E-state index is 0.0550. The van der Waals surface area contributed by atoms with Crippen molar-refractivity contribution in [2.75, 3.05) is 0 Å². The van der Waals surface area contributed by atoms with Crippen LogP contribution in [0.4, 0.5) is 0 Å². The maximum Gasteiger partial charge on any atom is 0.0815 e. The second-order valence-electron chi connectivity index (χ2n) is 3.73. The number of nitrogens with one attached hydrogen (secondary N) is 1. The number of halogens is 2. The standard InChI is InChI=1S/C12H12BrIN2S/c1-7-4-5-17-12(7)11(16-15)9-6-8(13)2-3-10(9)14/h2-6,11,16H,15H2,1H3. The predicted molar refractivity (Wildman–Crippen MR) is 85.1 cm³/mol. The molecule has 17 heavy (non-hydrogen) atoms. The predicted octanol–water partition coefficient (Wildman–Crippen LogP) is 3.98. The molecule has 2 rings (SSSR count). The molecule has 2 aromatic rings. The van der Waals surface area contributed by atoms with Crippen molar-refractivity contribution in [2.45, 2.75) is 13.0 Å². The Morgan fingerprint density at radius 3 is 2.76 bits per heavy atom. The van der Waals surface area contributed by atoms with E-state index in [1.165, 1.54) is 19.6 Å². The van der Waals surface area contributed by atoms with Gasteiger partial charge in [-0.3, -0.25) is 5.84 Å². The van der Waals surface area contributed by atoms with Crippen molar-refractivity contribution in [2.24, 2.45) is 5.84 Å². The average molecular weight is 423 g/mol. The molecule has 1 unspecified atom stereocenters. The molecule has 0 aliphatic heterocycles. The lowest BCUT2D eigenvalue weighted by Gasteiger charge is -2.18. The Labute approximate surface area is 127 Å². The zero-order valence-electron chi connectivity index (χ0n) is 9.21.